The quantitative estimate of drug-likeness (QED) is 0.430. The minimum absolute atomic E-state index is 0.187. The molecule has 0 aliphatic heterocycles. The maximum absolute atomic E-state index is 13.8. The number of methoxy groups -OCH3 is 1. The standard InChI is InChI=1S/C12H14BrFN2O4/c1-20-7-6-15(5-4-13)12(17)10-3-2-9(16(18)19)8-11(10)14/h2-3,8H,4-7H2,1H3. The van der Waals surface area contributed by atoms with Gasteiger partial charge in [0.2, 0.25) is 0 Å². The van der Waals surface area contributed by atoms with Crippen LogP contribution in [-0.4, -0.2) is 47.9 Å². The van der Waals surface area contributed by atoms with Crippen LogP contribution in [0.5, 0.6) is 0 Å². The van der Waals surface area contributed by atoms with E-state index >= 15 is 0 Å². The van der Waals surface area contributed by atoms with Crippen molar-refractivity contribution in [3.63, 3.8) is 0 Å². The molecule has 0 radical (unpaired) electrons. The van der Waals surface area contributed by atoms with Gasteiger partial charge in [-0.3, -0.25) is 14.9 Å². The summed E-state index contributed by atoms with van der Waals surface area (Å²) in [6, 6.07) is 2.98. The van der Waals surface area contributed by atoms with E-state index in [-0.39, 0.29) is 11.3 Å². The van der Waals surface area contributed by atoms with Gasteiger partial charge in [-0.25, -0.2) is 4.39 Å². The van der Waals surface area contributed by atoms with Gasteiger partial charge in [0.15, 0.2) is 0 Å². The number of halogens is 2. The molecule has 0 unspecified atom stereocenters. The predicted molar refractivity (Wildman–Crippen MR) is 74.6 cm³/mol. The second kappa shape index (κ2) is 7.91. The summed E-state index contributed by atoms with van der Waals surface area (Å²) in [5, 5.41) is 11.1. The third-order valence-corrected chi connectivity index (χ3v) is 2.96. The Labute approximate surface area is 123 Å². The van der Waals surface area contributed by atoms with Gasteiger partial charge in [0.05, 0.1) is 23.2 Å². The number of nitro groups is 1. The number of nitro benzene ring substituents is 1. The van der Waals surface area contributed by atoms with Crippen molar-refractivity contribution in [1.29, 1.82) is 0 Å². The normalized spacial score (nSPS) is 10.3. The van der Waals surface area contributed by atoms with E-state index in [2.05, 4.69) is 15.9 Å². The maximum Gasteiger partial charge on any atom is 0.272 e. The molecule has 0 atom stereocenters. The summed E-state index contributed by atoms with van der Waals surface area (Å²) < 4.78 is 18.7. The Morgan fingerprint density at radius 1 is 1.50 bits per heavy atom. The van der Waals surface area contributed by atoms with E-state index in [1.807, 2.05) is 0 Å². The van der Waals surface area contributed by atoms with Crippen LogP contribution in [0.4, 0.5) is 10.1 Å². The molecule has 0 aliphatic carbocycles. The van der Waals surface area contributed by atoms with E-state index < -0.39 is 16.6 Å². The molecule has 0 fully saturated rings. The maximum atomic E-state index is 13.8. The van der Waals surface area contributed by atoms with Crippen molar-refractivity contribution in [2.24, 2.45) is 0 Å². The topological polar surface area (TPSA) is 72.7 Å². The minimum atomic E-state index is -0.902. The van der Waals surface area contributed by atoms with Gasteiger partial charge in [0.25, 0.3) is 11.6 Å². The largest absolute Gasteiger partial charge is 0.383 e. The molecule has 6 nitrogen and oxygen atoms in total. The molecule has 1 amide bonds. The number of non-ortho nitro benzene ring substituents is 1. The average Bonchev–Trinajstić information content (AvgIpc) is 2.42. The third-order valence-electron chi connectivity index (χ3n) is 2.60. The highest BCUT2D eigenvalue weighted by atomic mass is 79.9. The van der Waals surface area contributed by atoms with Crippen molar-refractivity contribution in [2.45, 2.75) is 0 Å². The highest BCUT2D eigenvalue weighted by Gasteiger charge is 2.20. The number of amides is 1. The first kappa shape index (κ1) is 16.5. The molecule has 0 saturated heterocycles. The summed E-state index contributed by atoms with van der Waals surface area (Å²) in [5.41, 5.74) is -0.573. The summed E-state index contributed by atoms with van der Waals surface area (Å²) >= 11 is 3.21. The smallest absolute Gasteiger partial charge is 0.272 e. The van der Waals surface area contributed by atoms with Crippen LogP contribution < -0.4 is 0 Å². The summed E-state index contributed by atoms with van der Waals surface area (Å²) in [6.07, 6.45) is 0. The van der Waals surface area contributed by atoms with Gasteiger partial charge in [-0.1, -0.05) is 15.9 Å². The summed E-state index contributed by atoms with van der Waals surface area (Å²) in [4.78, 5) is 23.4. The Hall–Kier alpha value is -1.54. The second-order valence-corrected chi connectivity index (χ2v) is 4.69. The van der Waals surface area contributed by atoms with Crippen molar-refractivity contribution in [1.82, 2.24) is 4.90 Å². The molecule has 0 N–H and O–H groups in total. The predicted octanol–water partition coefficient (Wildman–Crippen LogP) is 2.22. The number of rotatable bonds is 7. The minimum Gasteiger partial charge on any atom is -0.383 e. The monoisotopic (exact) mass is 348 g/mol. The fraction of sp³-hybridized carbons (Fsp3) is 0.417. The summed E-state index contributed by atoms with van der Waals surface area (Å²) in [6.45, 7) is 1.03. The van der Waals surface area contributed by atoms with Gasteiger partial charge in [-0.15, -0.1) is 0 Å². The van der Waals surface area contributed by atoms with Crippen LogP contribution >= 0.6 is 15.9 Å². The third kappa shape index (κ3) is 4.24. The second-order valence-electron chi connectivity index (χ2n) is 3.90. The zero-order valence-corrected chi connectivity index (χ0v) is 12.4. The van der Waals surface area contributed by atoms with E-state index in [0.717, 1.165) is 18.2 Å². The zero-order valence-electron chi connectivity index (χ0n) is 10.8. The van der Waals surface area contributed by atoms with Crippen molar-refractivity contribution in [3.8, 4) is 0 Å². The molecule has 0 aliphatic rings. The summed E-state index contributed by atoms with van der Waals surface area (Å²) in [7, 11) is 1.50. The van der Waals surface area contributed by atoms with E-state index in [1.54, 1.807) is 0 Å². The Morgan fingerprint density at radius 2 is 2.20 bits per heavy atom. The highest BCUT2D eigenvalue weighted by molar-refractivity contribution is 9.09. The lowest BCUT2D eigenvalue weighted by atomic mass is 10.1. The lowest BCUT2D eigenvalue weighted by Gasteiger charge is -2.21. The first-order valence-electron chi connectivity index (χ1n) is 5.79. The first-order chi connectivity index (χ1) is 9.51. The Morgan fingerprint density at radius 3 is 2.70 bits per heavy atom. The molecule has 0 heterocycles. The number of carbonyl (C=O) groups excluding carboxylic acids is 1. The molecular formula is C12H14BrFN2O4. The van der Waals surface area contributed by atoms with Crippen molar-refractivity contribution in [2.75, 3.05) is 32.1 Å². The molecular weight excluding hydrogens is 335 g/mol. The zero-order chi connectivity index (χ0) is 15.1. The van der Waals surface area contributed by atoms with Crippen molar-refractivity contribution >= 4 is 27.5 Å². The Balaban J connectivity index is 2.96. The molecule has 0 spiro atoms. The van der Waals surface area contributed by atoms with Gasteiger partial charge in [-0.05, 0) is 6.07 Å². The van der Waals surface area contributed by atoms with Crippen LogP contribution in [0.15, 0.2) is 18.2 Å². The molecule has 1 aromatic rings. The molecule has 0 bridgehead atoms. The van der Waals surface area contributed by atoms with Crippen molar-refractivity contribution in [3.05, 3.63) is 39.7 Å². The SMILES string of the molecule is COCCN(CCBr)C(=O)c1ccc([N+](=O)[O-])cc1F. The van der Waals surface area contributed by atoms with Crippen LogP contribution in [0.1, 0.15) is 10.4 Å². The number of ether oxygens (including phenoxy) is 1. The molecule has 1 aromatic carbocycles. The summed E-state index contributed by atoms with van der Waals surface area (Å²) in [5.74, 6) is -1.42. The first-order valence-corrected chi connectivity index (χ1v) is 6.91. The van der Waals surface area contributed by atoms with Gasteiger partial charge in [0, 0.05) is 31.6 Å². The van der Waals surface area contributed by atoms with Crippen molar-refractivity contribution < 1.29 is 18.8 Å². The van der Waals surface area contributed by atoms with Crippen LogP contribution in [0.3, 0.4) is 0 Å². The lowest BCUT2D eigenvalue weighted by Crippen LogP contribution is -2.35. The van der Waals surface area contributed by atoms with Gasteiger partial charge >= 0.3 is 0 Å². The average molecular weight is 349 g/mol. The van der Waals surface area contributed by atoms with E-state index in [0.29, 0.717) is 25.0 Å². The van der Waals surface area contributed by atoms with E-state index in [9.17, 15) is 19.3 Å². The molecule has 110 valence electrons. The number of carbonyl (C=O) groups is 1. The van der Waals surface area contributed by atoms with Crippen LogP contribution in [-0.2, 0) is 4.74 Å². The molecule has 1 rings (SSSR count). The molecule has 20 heavy (non-hydrogen) atoms. The molecule has 0 aromatic heterocycles. The van der Waals surface area contributed by atoms with Crippen LogP contribution in [0, 0.1) is 15.9 Å². The lowest BCUT2D eigenvalue weighted by molar-refractivity contribution is -0.385. The number of alkyl halides is 1. The van der Waals surface area contributed by atoms with Gasteiger partial charge < -0.3 is 9.64 Å². The van der Waals surface area contributed by atoms with E-state index in [1.165, 1.54) is 12.0 Å². The van der Waals surface area contributed by atoms with Gasteiger partial charge in [-0.2, -0.15) is 0 Å². The number of nitrogens with zero attached hydrogens (tertiary/aromatic N) is 2. The number of benzene rings is 1. The fourth-order valence-corrected chi connectivity index (χ4v) is 2.01. The van der Waals surface area contributed by atoms with Crippen LogP contribution in [0.25, 0.3) is 0 Å². The Bertz CT molecular complexity index is 498. The van der Waals surface area contributed by atoms with Gasteiger partial charge in [0.1, 0.15) is 5.82 Å². The van der Waals surface area contributed by atoms with Crippen LogP contribution in [0.2, 0.25) is 0 Å². The molecule has 8 heteroatoms. The Kier molecular flexibility index (Phi) is 6.53. The number of hydrogen-bond donors (Lipinski definition) is 0. The molecule has 0 saturated carbocycles. The van der Waals surface area contributed by atoms with E-state index in [4.69, 9.17) is 4.74 Å². The highest BCUT2D eigenvalue weighted by Crippen LogP contribution is 2.18. The fourth-order valence-electron chi connectivity index (χ4n) is 1.58. The number of hydrogen-bond acceptors (Lipinski definition) is 4.